The number of hydrogen-bond donors (Lipinski definition) is 1. The van der Waals surface area contributed by atoms with Gasteiger partial charge in [0.15, 0.2) is 0 Å². The fraction of sp³-hybridized carbons (Fsp3) is 0. The molecule has 0 aliphatic heterocycles. The van der Waals surface area contributed by atoms with Crippen molar-refractivity contribution < 1.29 is 4.39 Å². The fourth-order valence-electron chi connectivity index (χ4n) is 1.30. The molecule has 2 N–H and O–H groups in total. The fourth-order valence-corrected chi connectivity index (χ4v) is 2.81. The van der Waals surface area contributed by atoms with E-state index in [0.29, 0.717) is 25.5 Å². The van der Waals surface area contributed by atoms with E-state index in [2.05, 4.69) is 0 Å². The molecule has 0 saturated carbocycles. The third kappa shape index (κ3) is 2.25. The van der Waals surface area contributed by atoms with Crippen LogP contribution in [0, 0.1) is 5.82 Å². The molecular weight excluding hydrogens is 256 g/mol. The van der Waals surface area contributed by atoms with Crippen molar-refractivity contribution in [3.8, 4) is 11.1 Å². The second-order valence-corrected chi connectivity index (χ2v) is 5.30. The second-order valence-electron chi connectivity index (χ2n) is 3.01. The molecule has 0 spiro atoms. The Balaban J connectivity index is 2.58. The smallest absolute Gasteiger partial charge is 0.125 e. The molecule has 1 nitrogen and oxygen atoms in total. The molecule has 5 heteroatoms. The largest absolute Gasteiger partial charge is 0.399 e. The molecule has 0 saturated heterocycles. The summed E-state index contributed by atoms with van der Waals surface area (Å²) >= 11 is 13.0. The standard InChI is InChI=1S/C10H6Cl2FNS/c11-9-4-8(10(12)15-9)5-1-6(13)3-7(14)2-5/h1-4H,14H2. The summed E-state index contributed by atoms with van der Waals surface area (Å²) in [6.07, 6.45) is 0. The lowest BCUT2D eigenvalue weighted by Gasteiger charge is -2.01. The molecule has 0 amide bonds. The number of anilines is 1. The van der Waals surface area contributed by atoms with Crippen LogP contribution >= 0.6 is 34.5 Å². The van der Waals surface area contributed by atoms with Crippen molar-refractivity contribution in [2.75, 3.05) is 5.73 Å². The van der Waals surface area contributed by atoms with Gasteiger partial charge in [-0.1, -0.05) is 23.2 Å². The first kappa shape index (κ1) is 10.7. The maximum Gasteiger partial charge on any atom is 0.125 e. The van der Waals surface area contributed by atoms with E-state index in [9.17, 15) is 4.39 Å². The number of thiophene rings is 1. The molecule has 15 heavy (non-hydrogen) atoms. The van der Waals surface area contributed by atoms with Crippen LogP contribution in [0.25, 0.3) is 11.1 Å². The van der Waals surface area contributed by atoms with Crippen molar-refractivity contribution in [3.63, 3.8) is 0 Å². The van der Waals surface area contributed by atoms with Crippen LogP contribution in [-0.4, -0.2) is 0 Å². The van der Waals surface area contributed by atoms with E-state index < -0.39 is 0 Å². The normalized spacial score (nSPS) is 10.6. The highest BCUT2D eigenvalue weighted by Gasteiger charge is 2.09. The van der Waals surface area contributed by atoms with Gasteiger partial charge in [-0.15, -0.1) is 11.3 Å². The summed E-state index contributed by atoms with van der Waals surface area (Å²) in [6.45, 7) is 0. The molecule has 0 aliphatic carbocycles. The van der Waals surface area contributed by atoms with E-state index in [1.807, 2.05) is 0 Å². The van der Waals surface area contributed by atoms with E-state index in [1.54, 1.807) is 12.1 Å². The number of halogens is 3. The van der Waals surface area contributed by atoms with Crippen LogP contribution in [0.1, 0.15) is 0 Å². The first-order chi connectivity index (χ1) is 7.06. The highest BCUT2D eigenvalue weighted by molar-refractivity contribution is 7.20. The van der Waals surface area contributed by atoms with Gasteiger partial charge in [0.05, 0.1) is 4.34 Å². The minimum absolute atomic E-state index is 0.364. The first-order valence-electron chi connectivity index (χ1n) is 4.07. The summed E-state index contributed by atoms with van der Waals surface area (Å²) in [4.78, 5) is 0. The molecule has 0 aliphatic rings. The molecule has 0 radical (unpaired) electrons. The van der Waals surface area contributed by atoms with Gasteiger partial charge in [0.1, 0.15) is 10.2 Å². The molecule has 0 fully saturated rings. The number of nitrogens with two attached hydrogens (primary N) is 1. The topological polar surface area (TPSA) is 26.0 Å². The van der Waals surface area contributed by atoms with Crippen molar-refractivity contribution in [3.05, 3.63) is 38.8 Å². The van der Waals surface area contributed by atoms with E-state index in [0.717, 1.165) is 0 Å². The van der Waals surface area contributed by atoms with Crippen LogP contribution in [0.15, 0.2) is 24.3 Å². The van der Waals surface area contributed by atoms with Gasteiger partial charge >= 0.3 is 0 Å². The summed E-state index contributed by atoms with van der Waals surface area (Å²) in [7, 11) is 0. The Bertz CT molecular complexity index is 490. The minimum atomic E-state index is -0.386. The lowest BCUT2D eigenvalue weighted by molar-refractivity contribution is 0.629. The Hall–Kier alpha value is -0.770. The van der Waals surface area contributed by atoms with Crippen LogP contribution in [0.3, 0.4) is 0 Å². The molecule has 1 heterocycles. The van der Waals surface area contributed by atoms with Crippen molar-refractivity contribution in [2.45, 2.75) is 0 Å². The van der Waals surface area contributed by atoms with Crippen LogP contribution < -0.4 is 5.73 Å². The number of rotatable bonds is 1. The molecule has 2 aromatic rings. The molecule has 2 rings (SSSR count). The maximum absolute atomic E-state index is 13.1. The maximum atomic E-state index is 13.1. The summed E-state index contributed by atoms with van der Waals surface area (Å²) in [5.74, 6) is -0.386. The quantitative estimate of drug-likeness (QED) is 0.755. The SMILES string of the molecule is Nc1cc(F)cc(-c2cc(Cl)sc2Cl)c1. The molecule has 0 atom stereocenters. The summed E-state index contributed by atoms with van der Waals surface area (Å²) in [5, 5.41) is 0. The van der Waals surface area contributed by atoms with Crippen LogP contribution in [0.2, 0.25) is 8.67 Å². The van der Waals surface area contributed by atoms with Crippen molar-refractivity contribution in [1.82, 2.24) is 0 Å². The van der Waals surface area contributed by atoms with E-state index in [1.165, 1.54) is 23.5 Å². The summed E-state index contributed by atoms with van der Waals surface area (Å²) in [6, 6.07) is 5.99. The third-order valence-electron chi connectivity index (χ3n) is 1.89. The summed E-state index contributed by atoms with van der Waals surface area (Å²) < 4.78 is 14.2. The number of hydrogen-bond acceptors (Lipinski definition) is 2. The molecule has 78 valence electrons. The zero-order valence-electron chi connectivity index (χ0n) is 7.43. The van der Waals surface area contributed by atoms with Gasteiger partial charge in [0.25, 0.3) is 0 Å². The molecule has 1 aromatic carbocycles. The molecular formula is C10H6Cl2FNS. The molecule has 0 bridgehead atoms. The lowest BCUT2D eigenvalue weighted by atomic mass is 10.1. The van der Waals surface area contributed by atoms with Crippen molar-refractivity contribution in [1.29, 1.82) is 0 Å². The second kappa shape index (κ2) is 4.00. The Morgan fingerprint density at radius 1 is 1.13 bits per heavy atom. The average Bonchev–Trinajstić information content (AvgIpc) is 2.43. The number of nitrogen functional groups attached to an aromatic ring is 1. The highest BCUT2D eigenvalue weighted by Crippen LogP contribution is 2.38. The lowest BCUT2D eigenvalue weighted by Crippen LogP contribution is -1.87. The highest BCUT2D eigenvalue weighted by atomic mass is 35.5. The summed E-state index contributed by atoms with van der Waals surface area (Å²) in [5.41, 5.74) is 7.25. The predicted molar refractivity (Wildman–Crippen MR) is 64.1 cm³/mol. The van der Waals surface area contributed by atoms with E-state index in [4.69, 9.17) is 28.9 Å². The van der Waals surface area contributed by atoms with E-state index in [-0.39, 0.29) is 5.82 Å². The van der Waals surface area contributed by atoms with Gasteiger partial charge in [0.2, 0.25) is 0 Å². The van der Waals surface area contributed by atoms with Gasteiger partial charge in [-0.3, -0.25) is 0 Å². The van der Waals surface area contributed by atoms with Crippen molar-refractivity contribution in [2.24, 2.45) is 0 Å². The van der Waals surface area contributed by atoms with Gasteiger partial charge in [-0.05, 0) is 29.8 Å². The Morgan fingerprint density at radius 2 is 1.87 bits per heavy atom. The molecule has 1 aromatic heterocycles. The van der Waals surface area contributed by atoms with Gasteiger partial charge in [-0.2, -0.15) is 0 Å². The first-order valence-corrected chi connectivity index (χ1v) is 5.65. The third-order valence-corrected chi connectivity index (χ3v) is 3.38. The number of benzene rings is 1. The zero-order valence-corrected chi connectivity index (χ0v) is 9.76. The van der Waals surface area contributed by atoms with Gasteiger partial charge in [0, 0.05) is 11.3 Å². The predicted octanol–water partition coefficient (Wildman–Crippen LogP) is 4.44. The zero-order chi connectivity index (χ0) is 11.0. The Labute approximate surface area is 100 Å². The average molecular weight is 262 g/mol. The Kier molecular flexibility index (Phi) is 2.87. The van der Waals surface area contributed by atoms with Crippen LogP contribution in [0.5, 0.6) is 0 Å². The minimum Gasteiger partial charge on any atom is -0.399 e. The Morgan fingerprint density at radius 3 is 2.40 bits per heavy atom. The molecule has 0 unspecified atom stereocenters. The van der Waals surface area contributed by atoms with Gasteiger partial charge < -0.3 is 5.73 Å². The monoisotopic (exact) mass is 261 g/mol. The van der Waals surface area contributed by atoms with Crippen LogP contribution in [0.4, 0.5) is 10.1 Å². The van der Waals surface area contributed by atoms with E-state index >= 15 is 0 Å². The van der Waals surface area contributed by atoms with Crippen molar-refractivity contribution >= 4 is 40.2 Å². The van der Waals surface area contributed by atoms with Gasteiger partial charge in [-0.25, -0.2) is 4.39 Å². The van der Waals surface area contributed by atoms with Crippen LogP contribution in [-0.2, 0) is 0 Å².